The molecule has 6 rings (SSSR count). The van der Waals surface area contributed by atoms with Crippen LogP contribution in [0.4, 0.5) is 0 Å². The molecule has 3 heterocycles. The Balaban J connectivity index is 1.26. The number of thioether (sulfide) groups is 1. The molecule has 0 saturated carbocycles. The second-order valence-corrected chi connectivity index (χ2v) is 10.9. The van der Waals surface area contributed by atoms with Gasteiger partial charge in [-0.05, 0) is 36.6 Å². The van der Waals surface area contributed by atoms with Crippen molar-refractivity contribution in [1.82, 2.24) is 24.2 Å². The van der Waals surface area contributed by atoms with Crippen molar-refractivity contribution in [1.29, 1.82) is 0 Å². The van der Waals surface area contributed by atoms with E-state index in [1.807, 2.05) is 84.6 Å². The van der Waals surface area contributed by atoms with Crippen molar-refractivity contribution in [2.24, 2.45) is 0 Å². The van der Waals surface area contributed by atoms with Crippen LogP contribution in [-0.4, -0.2) is 42.4 Å². The Morgan fingerprint density at radius 1 is 0.974 bits per heavy atom. The molecule has 7 nitrogen and oxygen atoms in total. The summed E-state index contributed by atoms with van der Waals surface area (Å²) in [6, 6.07) is 28.0. The minimum Gasteiger partial charge on any atom is -0.338 e. The van der Waals surface area contributed by atoms with Gasteiger partial charge in [-0.1, -0.05) is 90.1 Å². The summed E-state index contributed by atoms with van der Waals surface area (Å²) in [5, 5.41) is 5.57. The van der Waals surface area contributed by atoms with Gasteiger partial charge in [0.2, 0.25) is 5.91 Å². The summed E-state index contributed by atoms with van der Waals surface area (Å²) in [6.45, 7) is 3.18. The highest BCUT2D eigenvalue weighted by Gasteiger charge is 2.31. The molecular formula is C31H29N5O2S. The van der Waals surface area contributed by atoms with Gasteiger partial charge in [-0.2, -0.15) is 5.10 Å². The SMILES string of the molecule is Cc1ccc(-n2ncc3c(=O)n4c(nc32)SCC4CC(=O)N(CCc2ccccc2)Cc2ccccc2)cc1. The summed E-state index contributed by atoms with van der Waals surface area (Å²) < 4.78 is 3.41. The van der Waals surface area contributed by atoms with Crippen LogP contribution in [0.2, 0.25) is 0 Å². The molecule has 1 aliphatic rings. The number of amides is 1. The average Bonchev–Trinajstić information content (AvgIpc) is 3.57. The second kappa shape index (κ2) is 10.9. The zero-order valence-corrected chi connectivity index (χ0v) is 22.6. The third-order valence-corrected chi connectivity index (χ3v) is 8.24. The van der Waals surface area contributed by atoms with Gasteiger partial charge in [0.05, 0.1) is 17.9 Å². The first-order valence-corrected chi connectivity index (χ1v) is 14.1. The van der Waals surface area contributed by atoms with Crippen molar-refractivity contribution < 1.29 is 4.79 Å². The number of aromatic nitrogens is 4. The number of benzene rings is 3. The molecule has 0 fully saturated rings. The van der Waals surface area contributed by atoms with Gasteiger partial charge in [0.15, 0.2) is 10.8 Å². The number of carbonyl (C=O) groups excluding carboxylic acids is 1. The van der Waals surface area contributed by atoms with E-state index < -0.39 is 0 Å². The zero-order valence-electron chi connectivity index (χ0n) is 21.7. The Morgan fingerprint density at radius 3 is 2.38 bits per heavy atom. The van der Waals surface area contributed by atoms with Gasteiger partial charge in [0.25, 0.3) is 5.56 Å². The minimum atomic E-state index is -0.250. The number of hydrogen-bond acceptors (Lipinski definition) is 5. The maximum atomic E-state index is 13.7. The zero-order chi connectivity index (χ0) is 26.8. The van der Waals surface area contributed by atoms with E-state index in [0.717, 1.165) is 23.2 Å². The molecule has 0 spiro atoms. The van der Waals surface area contributed by atoms with Gasteiger partial charge < -0.3 is 4.90 Å². The molecule has 5 aromatic rings. The first-order chi connectivity index (χ1) is 19.1. The molecule has 1 amide bonds. The van der Waals surface area contributed by atoms with Crippen molar-refractivity contribution in [2.75, 3.05) is 12.3 Å². The predicted molar refractivity (Wildman–Crippen MR) is 154 cm³/mol. The third-order valence-electron chi connectivity index (χ3n) is 7.14. The molecule has 1 aliphatic heterocycles. The lowest BCUT2D eigenvalue weighted by Gasteiger charge is -2.25. The molecule has 0 radical (unpaired) electrons. The fourth-order valence-electron chi connectivity index (χ4n) is 4.99. The average molecular weight is 536 g/mol. The lowest BCUT2D eigenvalue weighted by Crippen LogP contribution is -2.35. The number of fused-ring (bicyclic) bond motifs is 2. The quantitative estimate of drug-likeness (QED) is 0.256. The second-order valence-electron chi connectivity index (χ2n) is 9.90. The lowest BCUT2D eigenvalue weighted by molar-refractivity contribution is -0.132. The van der Waals surface area contributed by atoms with E-state index in [-0.39, 0.29) is 23.9 Å². The largest absolute Gasteiger partial charge is 0.338 e. The maximum Gasteiger partial charge on any atom is 0.265 e. The maximum absolute atomic E-state index is 13.7. The molecule has 0 bridgehead atoms. The first kappa shape index (κ1) is 25.1. The van der Waals surface area contributed by atoms with Gasteiger partial charge in [-0.3, -0.25) is 14.2 Å². The van der Waals surface area contributed by atoms with Gasteiger partial charge in [0, 0.05) is 25.3 Å². The predicted octanol–water partition coefficient (Wildman–Crippen LogP) is 5.20. The minimum absolute atomic E-state index is 0.0376. The van der Waals surface area contributed by atoms with Gasteiger partial charge in [-0.15, -0.1) is 0 Å². The van der Waals surface area contributed by atoms with E-state index in [9.17, 15) is 9.59 Å². The van der Waals surface area contributed by atoms with Crippen LogP contribution in [0.25, 0.3) is 16.7 Å². The Morgan fingerprint density at radius 2 is 1.67 bits per heavy atom. The molecule has 1 atom stereocenters. The molecule has 0 N–H and O–H groups in total. The number of nitrogens with zero attached hydrogens (tertiary/aromatic N) is 5. The molecule has 196 valence electrons. The highest BCUT2D eigenvalue weighted by atomic mass is 32.2. The molecule has 8 heteroatoms. The molecule has 2 aromatic heterocycles. The van der Waals surface area contributed by atoms with Crippen LogP contribution >= 0.6 is 11.8 Å². The normalized spacial score (nSPS) is 14.4. The molecule has 0 saturated heterocycles. The van der Waals surface area contributed by atoms with Crippen LogP contribution in [0.5, 0.6) is 0 Å². The molecular weight excluding hydrogens is 506 g/mol. The van der Waals surface area contributed by atoms with Crippen molar-refractivity contribution in [2.45, 2.75) is 37.5 Å². The summed E-state index contributed by atoms with van der Waals surface area (Å²) in [7, 11) is 0. The van der Waals surface area contributed by atoms with Gasteiger partial charge in [0.1, 0.15) is 5.39 Å². The van der Waals surface area contributed by atoms with E-state index in [1.165, 1.54) is 17.3 Å². The van der Waals surface area contributed by atoms with E-state index in [2.05, 4.69) is 17.2 Å². The Hall–Kier alpha value is -4.17. The first-order valence-electron chi connectivity index (χ1n) is 13.1. The van der Waals surface area contributed by atoms with E-state index in [0.29, 0.717) is 35.0 Å². The summed E-state index contributed by atoms with van der Waals surface area (Å²) >= 11 is 1.52. The Bertz CT molecular complexity index is 1660. The number of carbonyl (C=O) groups is 1. The van der Waals surface area contributed by atoms with Crippen molar-refractivity contribution in [3.8, 4) is 5.69 Å². The van der Waals surface area contributed by atoms with Crippen LogP contribution in [0.15, 0.2) is 101 Å². The van der Waals surface area contributed by atoms with E-state index in [4.69, 9.17) is 4.98 Å². The fraction of sp³-hybridized carbons (Fsp3) is 0.226. The molecule has 39 heavy (non-hydrogen) atoms. The fourth-order valence-corrected chi connectivity index (χ4v) is 6.12. The summed E-state index contributed by atoms with van der Waals surface area (Å²) in [5.41, 5.74) is 4.69. The van der Waals surface area contributed by atoms with Crippen LogP contribution in [-0.2, 0) is 17.8 Å². The lowest BCUT2D eigenvalue weighted by atomic mass is 10.1. The van der Waals surface area contributed by atoms with E-state index >= 15 is 0 Å². The summed E-state index contributed by atoms with van der Waals surface area (Å²) in [4.78, 5) is 34.0. The highest BCUT2D eigenvalue weighted by Crippen LogP contribution is 2.34. The van der Waals surface area contributed by atoms with Crippen LogP contribution in [0.1, 0.15) is 29.2 Å². The van der Waals surface area contributed by atoms with Crippen LogP contribution in [0.3, 0.4) is 0 Å². The highest BCUT2D eigenvalue weighted by molar-refractivity contribution is 7.99. The van der Waals surface area contributed by atoms with Crippen LogP contribution in [0, 0.1) is 6.92 Å². The molecule has 1 unspecified atom stereocenters. The Kier molecular flexibility index (Phi) is 7.02. The summed E-state index contributed by atoms with van der Waals surface area (Å²) in [6.07, 6.45) is 2.61. The van der Waals surface area contributed by atoms with Gasteiger partial charge in [-0.25, -0.2) is 9.67 Å². The standard InChI is InChI=1S/C31H29N5O2S/c1-22-12-14-25(15-13-22)36-29-27(19-32-36)30(38)35-26(21-39-31(35)33-29)18-28(37)34(20-24-10-6-3-7-11-24)17-16-23-8-4-2-5-9-23/h2-15,19,26H,16-18,20-21H2,1H3. The van der Waals surface area contributed by atoms with Crippen molar-refractivity contribution >= 4 is 28.7 Å². The van der Waals surface area contributed by atoms with Gasteiger partial charge >= 0.3 is 0 Å². The number of aryl methyl sites for hydroxylation is 1. The molecule has 3 aromatic carbocycles. The smallest absolute Gasteiger partial charge is 0.265 e. The summed E-state index contributed by atoms with van der Waals surface area (Å²) in [5.74, 6) is 0.673. The van der Waals surface area contributed by atoms with Crippen LogP contribution < -0.4 is 5.56 Å². The molecule has 0 aliphatic carbocycles. The monoisotopic (exact) mass is 535 g/mol. The topological polar surface area (TPSA) is 73.0 Å². The van der Waals surface area contributed by atoms with E-state index in [1.54, 1.807) is 15.4 Å². The van der Waals surface area contributed by atoms with Crippen molar-refractivity contribution in [3.63, 3.8) is 0 Å². The number of hydrogen-bond donors (Lipinski definition) is 0. The Labute approximate surface area is 231 Å². The third kappa shape index (κ3) is 5.25. The number of rotatable bonds is 8. The van der Waals surface area contributed by atoms with Crippen molar-refractivity contribution in [3.05, 3.63) is 118 Å².